The molecular formula is C22H25O4Si. The van der Waals surface area contributed by atoms with Crippen LogP contribution in [0.4, 0.5) is 0 Å². The van der Waals surface area contributed by atoms with Gasteiger partial charge in [0.2, 0.25) is 5.75 Å². The highest BCUT2D eigenvalue weighted by Gasteiger charge is 2.28. The van der Waals surface area contributed by atoms with Crippen LogP contribution in [0.1, 0.15) is 10.4 Å². The van der Waals surface area contributed by atoms with Crippen molar-refractivity contribution in [1.82, 2.24) is 0 Å². The molecule has 0 atom stereocenters. The van der Waals surface area contributed by atoms with Crippen LogP contribution in [0.3, 0.4) is 0 Å². The molecule has 0 N–H and O–H groups in total. The van der Waals surface area contributed by atoms with Crippen LogP contribution in [-0.4, -0.2) is 27.3 Å². The first-order chi connectivity index (χ1) is 12.9. The predicted octanol–water partition coefficient (Wildman–Crippen LogP) is 4.32. The lowest BCUT2D eigenvalue weighted by Gasteiger charge is -2.24. The van der Waals surface area contributed by atoms with Gasteiger partial charge in [0.25, 0.3) is 0 Å². The van der Waals surface area contributed by atoms with Gasteiger partial charge in [-0.1, -0.05) is 69.2 Å². The first-order valence-corrected chi connectivity index (χ1v) is 11.9. The molecule has 0 unspecified atom stereocenters. The van der Waals surface area contributed by atoms with Crippen molar-refractivity contribution in [2.75, 3.05) is 13.2 Å². The lowest BCUT2D eigenvalue weighted by molar-refractivity contribution is 0.0730. The number of ether oxygens (including phenoxy) is 3. The van der Waals surface area contributed by atoms with Crippen LogP contribution in [-0.2, 0) is 0 Å². The number of rotatable bonds is 9. The highest BCUT2D eigenvalue weighted by Crippen LogP contribution is 2.38. The highest BCUT2D eigenvalue weighted by molar-refractivity contribution is 6.92. The lowest BCUT2D eigenvalue weighted by atomic mass is 10.2. The average Bonchev–Trinajstić information content (AvgIpc) is 2.65. The Morgan fingerprint density at radius 2 is 1.59 bits per heavy atom. The zero-order chi connectivity index (χ0) is 19.9. The van der Waals surface area contributed by atoms with Gasteiger partial charge in [0.15, 0.2) is 11.5 Å². The maximum absolute atomic E-state index is 12.7. The van der Waals surface area contributed by atoms with Gasteiger partial charge < -0.3 is 14.2 Å². The zero-order valence-corrected chi connectivity index (χ0v) is 16.9. The van der Waals surface area contributed by atoms with Crippen molar-refractivity contribution in [2.45, 2.75) is 13.1 Å². The third kappa shape index (κ3) is 5.34. The Labute approximate surface area is 162 Å². The fraction of sp³-hybridized carbons (Fsp3) is 0.182. The number of hydrogen-bond acceptors (Lipinski definition) is 4. The maximum Gasteiger partial charge on any atom is 0.343 e. The summed E-state index contributed by atoms with van der Waals surface area (Å²) < 4.78 is 17.3. The molecule has 0 amide bonds. The molecule has 0 aliphatic rings. The Kier molecular flexibility index (Phi) is 7.02. The van der Waals surface area contributed by atoms with E-state index in [2.05, 4.69) is 32.8 Å². The summed E-state index contributed by atoms with van der Waals surface area (Å²) in [5.74, 6) is 0.760. The van der Waals surface area contributed by atoms with E-state index in [0.29, 0.717) is 29.4 Å². The smallest absolute Gasteiger partial charge is 0.343 e. The van der Waals surface area contributed by atoms with E-state index in [0.717, 1.165) is 5.19 Å². The van der Waals surface area contributed by atoms with E-state index in [-0.39, 0.29) is 6.61 Å². The van der Waals surface area contributed by atoms with Gasteiger partial charge in [0.1, 0.15) is 13.2 Å². The van der Waals surface area contributed by atoms with Gasteiger partial charge in [-0.25, -0.2) is 4.79 Å². The van der Waals surface area contributed by atoms with Crippen molar-refractivity contribution in [3.8, 4) is 17.2 Å². The van der Waals surface area contributed by atoms with Crippen LogP contribution in [0.25, 0.3) is 0 Å². The number of hydrogen-bond donors (Lipinski definition) is 0. The molecule has 2 rings (SSSR count). The molecule has 0 saturated carbocycles. The molecule has 1 radical (unpaired) electrons. The van der Waals surface area contributed by atoms with Gasteiger partial charge in [-0.2, -0.15) is 0 Å². The molecule has 0 aliphatic carbocycles. The Morgan fingerprint density at radius 3 is 2.19 bits per heavy atom. The van der Waals surface area contributed by atoms with E-state index in [1.165, 1.54) is 0 Å². The summed E-state index contributed by atoms with van der Waals surface area (Å²) >= 11 is 0. The molecule has 4 nitrogen and oxygen atoms in total. The van der Waals surface area contributed by atoms with Crippen molar-refractivity contribution in [3.63, 3.8) is 0 Å². The van der Waals surface area contributed by atoms with Gasteiger partial charge in [0.05, 0.1) is 13.6 Å². The second-order valence-corrected chi connectivity index (χ2v) is 10.9. The van der Waals surface area contributed by atoms with E-state index in [4.69, 9.17) is 14.2 Å². The number of carbonyl (C=O) groups is 1. The van der Waals surface area contributed by atoms with Crippen LogP contribution in [0.15, 0.2) is 67.8 Å². The molecule has 141 valence electrons. The fourth-order valence-electron chi connectivity index (χ4n) is 2.45. The third-order valence-electron chi connectivity index (χ3n) is 3.71. The second kappa shape index (κ2) is 9.23. The average molecular weight is 382 g/mol. The summed E-state index contributed by atoms with van der Waals surface area (Å²) in [4.78, 5) is 12.7. The number of carbonyl (C=O) groups excluding carboxylic acids is 1. The SMILES string of the molecule is [CH2][Si](C)(C)c1ccc(OCC=C)c(OCC=C)c1OC(=O)c1ccccc1. The molecule has 0 fully saturated rings. The van der Waals surface area contributed by atoms with E-state index >= 15 is 0 Å². The highest BCUT2D eigenvalue weighted by atomic mass is 28.3. The van der Waals surface area contributed by atoms with Gasteiger partial charge in [0, 0.05) is 0 Å². The van der Waals surface area contributed by atoms with Gasteiger partial charge in [-0.3, -0.25) is 0 Å². The molecule has 5 heteroatoms. The normalized spacial score (nSPS) is 10.8. The van der Waals surface area contributed by atoms with Crippen LogP contribution in [0, 0.1) is 6.55 Å². The first-order valence-electron chi connectivity index (χ1n) is 8.66. The summed E-state index contributed by atoms with van der Waals surface area (Å²) in [6.45, 7) is 16.4. The van der Waals surface area contributed by atoms with E-state index in [1.54, 1.807) is 36.4 Å². The zero-order valence-electron chi connectivity index (χ0n) is 15.9. The van der Waals surface area contributed by atoms with Crippen molar-refractivity contribution in [3.05, 3.63) is 79.9 Å². The molecule has 0 aromatic heterocycles. The van der Waals surface area contributed by atoms with Gasteiger partial charge >= 0.3 is 5.97 Å². The largest absolute Gasteiger partial charge is 0.486 e. The molecule has 0 heterocycles. The minimum absolute atomic E-state index is 0.253. The van der Waals surface area contributed by atoms with E-state index in [9.17, 15) is 4.79 Å². The number of benzene rings is 2. The summed E-state index contributed by atoms with van der Waals surface area (Å²) in [5, 5.41) is 0.872. The van der Waals surface area contributed by atoms with Gasteiger partial charge in [-0.15, -0.1) is 0 Å². The maximum atomic E-state index is 12.7. The first kappa shape index (κ1) is 20.5. The minimum Gasteiger partial charge on any atom is -0.486 e. The topological polar surface area (TPSA) is 44.8 Å². The Hall–Kier alpha value is -2.79. The van der Waals surface area contributed by atoms with E-state index in [1.807, 2.05) is 18.2 Å². The predicted molar refractivity (Wildman–Crippen MR) is 112 cm³/mol. The monoisotopic (exact) mass is 381 g/mol. The van der Waals surface area contributed by atoms with Crippen molar-refractivity contribution >= 4 is 19.2 Å². The third-order valence-corrected chi connectivity index (χ3v) is 5.56. The van der Waals surface area contributed by atoms with Crippen molar-refractivity contribution in [1.29, 1.82) is 0 Å². The quantitative estimate of drug-likeness (QED) is 0.281. The van der Waals surface area contributed by atoms with Crippen molar-refractivity contribution < 1.29 is 19.0 Å². The van der Waals surface area contributed by atoms with Crippen LogP contribution in [0.2, 0.25) is 13.1 Å². The Bertz CT molecular complexity index is 807. The van der Waals surface area contributed by atoms with Crippen molar-refractivity contribution in [2.24, 2.45) is 0 Å². The Balaban J connectivity index is 2.55. The van der Waals surface area contributed by atoms with Crippen LogP contribution < -0.4 is 19.4 Å². The molecule has 0 aliphatic heterocycles. The molecule has 2 aromatic rings. The molecular weight excluding hydrogens is 356 g/mol. The molecule has 27 heavy (non-hydrogen) atoms. The fourth-order valence-corrected chi connectivity index (χ4v) is 3.76. The lowest BCUT2D eigenvalue weighted by Crippen LogP contribution is -2.40. The summed E-state index contributed by atoms with van der Waals surface area (Å²) in [6, 6.07) is 12.5. The molecule has 0 bridgehead atoms. The molecule has 0 spiro atoms. The summed E-state index contributed by atoms with van der Waals surface area (Å²) in [7, 11) is -2.08. The number of esters is 1. The van der Waals surface area contributed by atoms with Crippen LogP contribution in [0.5, 0.6) is 17.2 Å². The van der Waals surface area contributed by atoms with Gasteiger partial charge in [-0.05, 0) is 23.4 Å². The molecule has 0 saturated heterocycles. The minimum atomic E-state index is -2.08. The summed E-state index contributed by atoms with van der Waals surface area (Å²) in [5.41, 5.74) is 0.457. The van der Waals surface area contributed by atoms with E-state index < -0.39 is 14.0 Å². The van der Waals surface area contributed by atoms with Crippen LogP contribution >= 0.6 is 0 Å². The second-order valence-electron chi connectivity index (χ2n) is 6.61. The standard InChI is InChI=1S/C22H25O4Si/c1-6-15-24-18-13-14-19(27(3,4)5)21(20(18)25-16-7-2)26-22(23)17-11-9-8-10-12-17/h6-14H,1-3,15-16H2,4-5H3. The summed E-state index contributed by atoms with van der Waals surface area (Å²) in [6.07, 6.45) is 3.26. The Morgan fingerprint density at radius 1 is 0.963 bits per heavy atom. The molecule has 2 aromatic carbocycles.